The summed E-state index contributed by atoms with van der Waals surface area (Å²) in [5.41, 5.74) is 0. The third-order valence-corrected chi connectivity index (χ3v) is 3.73. The Labute approximate surface area is 143 Å². The van der Waals surface area contributed by atoms with E-state index in [1.807, 2.05) is 0 Å². The van der Waals surface area contributed by atoms with E-state index in [1.165, 1.54) is 6.07 Å². The molecule has 0 spiro atoms. The molecular weight excluding hydrogens is 329 g/mol. The van der Waals surface area contributed by atoms with Gasteiger partial charge in [-0.1, -0.05) is 13.8 Å². The van der Waals surface area contributed by atoms with Gasteiger partial charge in [-0.2, -0.15) is 0 Å². The molecule has 0 aromatic carbocycles. The minimum absolute atomic E-state index is 0. The van der Waals surface area contributed by atoms with E-state index < -0.39 is 4.92 Å². The number of nitrogens with zero attached hydrogens (tertiary/aromatic N) is 2. The second-order valence-electron chi connectivity index (χ2n) is 5.71. The van der Waals surface area contributed by atoms with Crippen molar-refractivity contribution in [1.29, 1.82) is 0 Å². The molecule has 1 aliphatic rings. The van der Waals surface area contributed by atoms with Gasteiger partial charge < -0.3 is 9.73 Å². The smallest absolute Gasteiger partial charge is 0.404 e. The lowest BCUT2D eigenvalue weighted by Gasteiger charge is -2.34. The van der Waals surface area contributed by atoms with Gasteiger partial charge in [-0.25, -0.2) is 0 Å². The van der Waals surface area contributed by atoms with Crippen molar-refractivity contribution in [3.05, 3.63) is 28.0 Å². The van der Waals surface area contributed by atoms with E-state index in [-0.39, 0.29) is 36.7 Å². The van der Waals surface area contributed by atoms with Crippen LogP contribution in [0.1, 0.15) is 38.5 Å². The predicted octanol–water partition coefficient (Wildman–Crippen LogP) is 3.41. The Balaban J connectivity index is 0.00000220. The first-order valence-corrected chi connectivity index (χ1v) is 7.27. The second-order valence-corrected chi connectivity index (χ2v) is 5.71. The molecular formula is C14H25Cl2N3O3. The first-order chi connectivity index (χ1) is 9.58. The number of halogens is 2. The van der Waals surface area contributed by atoms with Crippen LogP contribution in [0.5, 0.6) is 0 Å². The highest BCUT2D eigenvalue weighted by atomic mass is 35.5. The zero-order valence-corrected chi connectivity index (χ0v) is 14.6. The fourth-order valence-electron chi connectivity index (χ4n) is 2.61. The van der Waals surface area contributed by atoms with Gasteiger partial charge in [0.05, 0.1) is 12.1 Å². The first kappa shape index (κ1) is 21.2. The molecule has 0 amide bonds. The summed E-state index contributed by atoms with van der Waals surface area (Å²) < 4.78 is 5.43. The van der Waals surface area contributed by atoms with Crippen LogP contribution < -0.4 is 5.32 Å². The zero-order valence-electron chi connectivity index (χ0n) is 13.0. The number of nitrogens with one attached hydrogen (secondary N) is 1. The molecule has 1 N–H and O–H groups in total. The summed E-state index contributed by atoms with van der Waals surface area (Å²) in [6.45, 7) is 8.22. The Morgan fingerprint density at radius 1 is 1.27 bits per heavy atom. The molecule has 0 aliphatic carbocycles. The van der Waals surface area contributed by atoms with Gasteiger partial charge in [0.2, 0.25) is 0 Å². The molecule has 1 atom stereocenters. The highest BCUT2D eigenvalue weighted by Crippen LogP contribution is 2.31. The summed E-state index contributed by atoms with van der Waals surface area (Å²) in [4.78, 5) is 12.7. The van der Waals surface area contributed by atoms with E-state index in [0.717, 1.165) is 44.8 Å². The third kappa shape index (κ3) is 5.76. The number of hydrogen-bond donors (Lipinski definition) is 1. The summed E-state index contributed by atoms with van der Waals surface area (Å²) in [7, 11) is 0. The van der Waals surface area contributed by atoms with Crippen LogP contribution in [0.4, 0.5) is 5.88 Å². The quantitative estimate of drug-likeness (QED) is 0.626. The average molecular weight is 354 g/mol. The molecule has 2 heterocycles. The Morgan fingerprint density at radius 3 is 2.41 bits per heavy atom. The molecule has 22 heavy (non-hydrogen) atoms. The summed E-state index contributed by atoms with van der Waals surface area (Å²) in [5.74, 6) is 1.18. The van der Waals surface area contributed by atoms with Crippen molar-refractivity contribution in [3.8, 4) is 0 Å². The van der Waals surface area contributed by atoms with Crippen molar-refractivity contribution in [2.75, 3.05) is 26.2 Å². The van der Waals surface area contributed by atoms with E-state index in [2.05, 4.69) is 24.1 Å². The van der Waals surface area contributed by atoms with E-state index in [4.69, 9.17) is 4.42 Å². The van der Waals surface area contributed by atoms with E-state index in [1.54, 1.807) is 6.07 Å². The molecule has 1 aromatic rings. The van der Waals surface area contributed by atoms with Crippen LogP contribution in [0.3, 0.4) is 0 Å². The predicted molar refractivity (Wildman–Crippen MR) is 91.1 cm³/mol. The maximum atomic E-state index is 10.8. The van der Waals surface area contributed by atoms with Crippen molar-refractivity contribution in [2.24, 2.45) is 5.92 Å². The van der Waals surface area contributed by atoms with E-state index in [9.17, 15) is 10.1 Å². The Morgan fingerprint density at radius 2 is 1.91 bits per heavy atom. The molecule has 128 valence electrons. The van der Waals surface area contributed by atoms with Crippen LogP contribution >= 0.6 is 24.8 Å². The van der Waals surface area contributed by atoms with Crippen molar-refractivity contribution in [1.82, 2.24) is 10.2 Å². The fraction of sp³-hybridized carbons (Fsp3) is 0.714. The molecule has 6 nitrogen and oxygen atoms in total. The molecule has 0 radical (unpaired) electrons. The van der Waals surface area contributed by atoms with Crippen molar-refractivity contribution >= 4 is 30.7 Å². The molecule has 0 bridgehead atoms. The average Bonchev–Trinajstić information content (AvgIpc) is 2.90. The van der Waals surface area contributed by atoms with Gasteiger partial charge in [0.25, 0.3) is 0 Å². The Hall–Kier alpha value is -0.820. The standard InChI is InChI=1S/C14H23N3O3.2ClH/c1-11(2)3-4-12(16-9-7-15-8-10-16)13-5-6-14(20-13)17(18)19;;/h5-6,11-12,15H,3-4,7-10H2,1-2H3;2*1H/t12-;;/m1../s1. The monoisotopic (exact) mass is 353 g/mol. The van der Waals surface area contributed by atoms with Crippen LogP contribution in [0.25, 0.3) is 0 Å². The highest BCUT2D eigenvalue weighted by molar-refractivity contribution is 5.85. The molecule has 1 fully saturated rings. The molecule has 1 aromatic heterocycles. The molecule has 0 saturated carbocycles. The number of nitro groups is 1. The second kappa shape index (κ2) is 10.0. The van der Waals surface area contributed by atoms with Crippen LogP contribution in [0.15, 0.2) is 16.5 Å². The number of rotatable bonds is 6. The van der Waals surface area contributed by atoms with Crippen molar-refractivity contribution < 1.29 is 9.34 Å². The van der Waals surface area contributed by atoms with Crippen LogP contribution in [-0.4, -0.2) is 36.0 Å². The molecule has 8 heteroatoms. The van der Waals surface area contributed by atoms with Gasteiger partial charge in [-0.05, 0) is 24.8 Å². The lowest BCUT2D eigenvalue weighted by molar-refractivity contribution is -0.402. The van der Waals surface area contributed by atoms with E-state index >= 15 is 0 Å². The van der Waals surface area contributed by atoms with Gasteiger partial charge in [-0.15, -0.1) is 24.8 Å². The molecule has 0 unspecified atom stereocenters. The topological polar surface area (TPSA) is 71.5 Å². The first-order valence-electron chi connectivity index (χ1n) is 7.27. The summed E-state index contributed by atoms with van der Waals surface area (Å²) in [5, 5.41) is 14.1. The highest BCUT2D eigenvalue weighted by Gasteiger charge is 2.26. The lowest BCUT2D eigenvalue weighted by Crippen LogP contribution is -2.45. The van der Waals surface area contributed by atoms with E-state index in [0.29, 0.717) is 5.92 Å². The van der Waals surface area contributed by atoms with Crippen molar-refractivity contribution in [3.63, 3.8) is 0 Å². The van der Waals surface area contributed by atoms with Crippen molar-refractivity contribution in [2.45, 2.75) is 32.7 Å². The van der Waals surface area contributed by atoms with Crippen LogP contribution in [-0.2, 0) is 0 Å². The van der Waals surface area contributed by atoms with Gasteiger partial charge in [0.15, 0.2) is 0 Å². The summed E-state index contributed by atoms with van der Waals surface area (Å²) in [6.07, 6.45) is 2.06. The maximum absolute atomic E-state index is 10.8. The summed E-state index contributed by atoms with van der Waals surface area (Å²) in [6, 6.07) is 3.36. The number of furan rings is 1. The number of piperazine rings is 1. The normalized spacial score (nSPS) is 16.7. The largest absolute Gasteiger partial charge is 0.433 e. The third-order valence-electron chi connectivity index (χ3n) is 3.73. The zero-order chi connectivity index (χ0) is 14.5. The minimum atomic E-state index is -0.471. The fourth-order valence-corrected chi connectivity index (χ4v) is 2.61. The van der Waals surface area contributed by atoms with Gasteiger partial charge in [0, 0.05) is 26.2 Å². The number of hydrogen-bond acceptors (Lipinski definition) is 5. The Bertz CT molecular complexity index is 448. The molecule has 1 aliphatic heterocycles. The van der Waals surface area contributed by atoms with Gasteiger partial charge in [-0.3, -0.25) is 15.0 Å². The summed E-state index contributed by atoms with van der Waals surface area (Å²) >= 11 is 0. The molecule has 1 saturated heterocycles. The lowest BCUT2D eigenvalue weighted by atomic mass is 10.00. The van der Waals surface area contributed by atoms with Crippen LogP contribution in [0.2, 0.25) is 0 Å². The van der Waals surface area contributed by atoms with Crippen LogP contribution in [0, 0.1) is 16.0 Å². The van der Waals surface area contributed by atoms with Gasteiger partial charge >= 0.3 is 5.88 Å². The Kier molecular flexibility index (Phi) is 9.67. The minimum Gasteiger partial charge on any atom is -0.404 e. The van der Waals surface area contributed by atoms with Gasteiger partial charge in [0.1, 0.15) is 10.7 Å². The SMILES string of the molecule is CC(C)CC[C@H](c1ccc([N+](=O)[O-])o1)N1CCNCC1.Cl.Cl. The molecule has 2 rings (SSSR count). The maximum Gasteiger partial charge on any atom is 0.433 e.